The fourth-order valence-electron chi connectivity index (χ4n) is 1.94. The number of benzene rings is 1. The van der Waals surface area contributed by atoms with Gasteiger partial charge in [-0.05, 0) is 25.1 Å². The highest BCUT2D eigenvalue weighted by molar-refractivity contribution is 5.94. The molecule has 0 aliphatic carbocycles. The molecule has 1 aliphatic heterocycles. The molecule has 0 atom stereocenters. The summed E-state index contributed by atoms with van der Waals surface area (Å²) in [5, 5.41) is 3.23. The molecule has 5 heteroatoms. The van der Waals surface area contributed by atoms with Gasteiger partial charge in [0.2, 0.25) is 0 Å². The van der Waals surface area contributed by atoms with Crippen LogP contribution in [0.5, 0.6) is 5.75 Å². The molecule has 1 amide bonds. The van der Waals surface area contributed by atoms with Crippen molar-refractivity contribution in [1.29, 1.82) is 0 Å². The van der Waals surface area contributed by atoms with Gasteiger partial charge in [0, 0.05) is 31.7 Å². The maximum atomic E-state index is 12.2. The summed E-state index contributed by atoms with van der Waals surface area (Å²) in [5.74, 6) is 0.849. The third-order valence-electron chi connectivity index (χ3n) is 2.80. The van der Waals surface area contributed by atoms with Crippen LogP contribution in [0.2, 0.25) is 0 Å². The Morgan fingerprint density at radius 2 is 2.11 bits per heavy atom. The monoisotopic (exact) mass is 270 g/mol. The predicted octanol–water partition coefficient (Wildman–Crippen LogP) is 1.55. The summed E-state index contributed by atoms with van der Waals surface area (Å²) in [4.78, 5) is 14.1. The van der Waals surface area contributed by atoms with Crippen molar-refractivity contribution in [3.63, 3.8) is 0 Å². The van der Waals surface area contributed by atoms with Crippen molar-refractivity contribution in [2.45, 2.75) is 6.92 Å². The Bertz CT molecular complexity index is 392. The van der Waals surface area contributed by atoms with Crippen molar-refractivity contribution in [2.75, 3.05) is 32.8 Å². The Kier molecular flexibility index (Phi) is 5.95. The van der Waals surface area contributed by atoms with Gasteiger partial charge in [-0.3, -0.25) is 4.79 Å². The fraction of sp³-hybridized carbons (Fsp3) is 0.462. The second-order valence-electron chi connectivity index (χ2n) is 4.00. The van der Waals surface area contributed by atoms with Crippen LogP contribution < -0.4 is 10.1 Å². The highest BCUT2D eigenvalue weighted by atomic mass is 35.5. The molecule has 0 radical (unpaired) electrons. The van der Waals surface area contributed by atoms with E-state index in [1.165, 1.54) is 0 Å². The summed E-state index contributed by atoms with van der Waals surface area (Å²) in [6.45, 7) is 5.85. The minimum atomic E-state index is 0. The predicted molar refractivity (Wildman–Crippen MR) is 73.6 cm³/mol. The van der Waals surface area contributed by atoms with E-state index in [1.807, 2.05) is 36.1 Å². The number of halogens is 1. The Hall–Kier alpha value is -1.26. The standard InChI is InChI=1S/C13H18N2O2.ClH/c1-2-17-12-5-3-4-11(10-12)13(16)15-8-6-14-7-9-15;/h3-5,10,14H,2,6-9H2,1H3;1H. The van der Waals surface area contributed by atoms with Crippen LogP contribution in [0.3, 0.4) is 0 Å². The number of amides is 1. The quantitative estimate of drug-likeness (QED) is 0.906. The van der Waals surface area contributed by atoms with Crippen LogP contribution in [0.4, 0.5) is 0 Å². The van der Waals surface area contributed by atoms with E-state index in [4.69, 9.17) is 4.74 Å². The molecular weight excluding hydrogens is 252 g/mol. The normalized spacial score (nSPS) is 14.8. The van der Waals surface area contributed by atoms with Crippen LogP contribution >= 0.6 is 12.4 Å². The maximum Gasteiger partial charge on any atom is 0.254 e. The minimum Gasteiger partial charge on any atom is -0.494 e. The molecule has 4 nitrogen and oxygen atoms in total. The molecule has 0 saturated carbocycles. The van der Waals surface area contributed by atoms with Crippen molar-refractivity contribution in [3.8, 4) is 5.75 Å². The molecule has 0 aromatic heterocycles. The van der Waals surface area contributed by atoms with Crippen molar-refractivity contribution >= 4 is 18.3 Å². The smallest absolute Gasteiger partial charge is 0.254 e. The summed E-state index contributed by atoms with van der Waals surface area (Å²) in [6, 6.07) is 7.39. The number of hydrogen-bond acceptors (Lipinski definition) is 3. The number of ether oxygens (including phenoxy) is 1. The Balaban J connectivity index is 0.00000162. The summed E-state index contributed by atoms with van der Waals surface area (Å²) < 4.78 is 5.40. The zero-order chi connectivity index (χ0) is 12.1. The zero-order valence-corrected chi connectivity index (χ0v) is 11.3. The minimum absolute atomic E-state index is 0. The summed E-state index contributed by atoms with van der Waals surface area (Å²) in [7, 11) is 0. The fourth-order valence-corrected chi connectivity index (χ4v) is 1.94. The van der Waals surface area contributed by atoms with Gasteiger partial charge in [-0.15, -0.1) is 12.4 Å². The van der Waals surface area contributed by atoms with Gasteiger partial charge in [0.25, 0.3) is 5.91 Å². The number of carbonyl (C=O) groups excluding carboxylic acids is 1. The molecule has 1 saturated heterocycles. The van der Waals surface area contributed by atoms with Gasteiger partial charge in [0.15, 0.2) is 0 Å². The van der Waals surface area contributed by atoms with Crippen LogP contribution in [-0.2, 0) is 0 Å². The average molecular weight is 271 g/mol. The molecule has 100 valence electrons. The van der Waals surface area contributed by atoms with E-state index in [-0.39, 0.29) is 18.3 Å². The van der Waals surface area contributed by atoms with Crippen molar-refractivity contribution < 1.29 is 9.53 Å². The third-order valence-corrected chi connectivity index (χ3v) is 2.80. The van der Waals surface area contributed by atoms with Crippen LogP contribution in [0.25, 0.3) is 0 Å². The molecule has 18 heavy (non-hydrogen) atoms. The SMILES string of the molecule is CCOc1cccc(C(=O)N2CCNCC2)c1.Cl. The molecule has 0 spiro atoms. The van der Waals surface area contributed by atoms with Crippen molar-refractivity contribution in [2.24, 2.45) is 0 Å². The van der Waals surface area contributed by atoms with E-state index >= 15 is 0 Å². The topological polar surface area (TPSA) is 41.6 Å². The first-order valence-corrected chi connectivity index (χ1v) is 6.04. The van der Waals surface area contributed by atoms with Gasteiger partial charge in [0.05, 0.1) is 6.61 Å². The van der Waals surface area contributed by atoms with Gasteiger partial charge in [-0.1, -0.05) is 6.07 Å². The molecule has 1 aromatic carbocycles. The molecular formula is C13H19ClN2O2. The molecule has 0 bridgehead atoms. The molecule has 0 unspecified atom stereocenters. The van der Waals surface area contributed by atoms with E-state index in [1.54, 1.807) is 0 Å². The van der Waals surface area contributed by atoms with Gasteiger partial charge < -0.3 is 15.0 Å². The van der Waals surface area contributed by atoms with Crippen LogP contribution in [0, 0.1) is 0 Å². The molecule has 2 rings (SSSR count). The second kappa shape index (κ2) is 7.24. The number of hydrogen-bond donors (Lipinski definition) is 1. The van der Waals surface area contributed by atoms with Crippen LogP contribution in [0.15, 0.2) is 24.3 Å². The average Bonchev–Trinajstić information content (AvgIpc) is 2.40. The third kappa shape index (κ3) is 3.62. The second-order valence-corrected chi connectivity index (χ2v) is 4.00. The zero-order valence-electron chi connectivity index (χ0n) is 10.5. The highest BCUT2D eigenvalue weighted by Crippen LogP contribution is 2.15. The number of piperazine rings is 1. The number of rotatable bonds is 3. The number of nitrogens with zero attached hydrogens (tertiary/aromatic N) is 1. The Morgan fingerprint density at radius 3 is 2.78 bits per heavy atom. The summed E-state index contributed by atoms with van der Waals surface area (Å²) >= 11 is 0. The van der Waals surface area contributed by atoms with Gasteiger partial charge >= 0.3 is 0 Å². The lowest BCUT2D eigenvalue weighted by Crippen LogP contribution is -2.46. The maximum absolute atomic E-state index is 12.2. The molecule has 1 fully saturated rings. The molecule has 1 N–H and O–H groups in total. The van der Waals surface area contributed by atoms with Gasteiger partial charge in [-0.25, -0.2) is 0 Å². The van der Waals surface area contributed by atoms with Gasteiger partial charge in [-0.2, -0.15) is 0 Å². The Morgan fingerprint density at radius 1 is 1.39 bits per heavy atom. The Labute approximate surface area is 114 Å². The number of carbonyl (C=O) groups is 1. The van der Waals surface area contributed by atoms with E-state index in [0.717, 1.165) is 31.9 Å². The first-order valence-electron chi connectivity index (χ1n) is 6.04. The molecule has 1 aromatic rings. The highest BCUT2D eigenvalue weighted by Gasteiger charge is 2.17. The van der Waals surface area contributed by atoms with E-state index < -0.39 is 0 Å². The number of nitrogens with one attached hydrogen (secondary N) is 1. The lowest BCUT2D eigenvalue weighted by atomic mass is 10.1. The van der Waals surface area contributed by atoms with E-state index in [2.05, 4.69) is 5.32 Å². The summed E-state index contributed by atoms with van der Waals surface area (Å²) in [6.07, 6.45) is 0. The summed E-state index contributed by atoms with van der Waals surface area (Å²) in [5.41, 5.74) is 0.706. The van der Waals surface area contributed by atoms with E-state index in [0.29, 0.717) is 12.2 Å². The van der Waals surface area contributed by atoms with Crippen molar-refractivity contribution in [3.05, 3.63) is 29.8 Å². The first kappa shape index (κ1) is 14.8. The van der Waals surface area contributed by atoms with Crippen molar-refractivity contribution in [1.82, 2.24) is 10.2 Å². The lowest BCUT2D eigenvalue weighted by molar-refractivity contribution is 0.0735. The van der Waals surface area contributed by atoms with Crippen LogP contribution in [0.1, 0.15) is 17.3 Å². The molecule has 1 heterocycles. The van der Waals surface area contributed by atoms with Crippen LogP contribution in [-0.4, -0.2) is 43.6 Å². The van der Waals surface area contributed by atoms with Gasteiger partial charge in [0.1, 0.15) is 5.75 Å². The van der Waals surface area contributed by atoms with E-state index in [9.17, 15) is 4.79 Å². The largest absolute Gasteiger partial charge is 0.494 e. The molecule has 1 aliphatic rings. The first-order chi connectivity index (χ1) is 8.31. The lowest BCUT2D eigenvalue weighted by Gasteiger charge is -2.27.